The standard InChI is InChI=1S/C18H23N5O/c1-12(2)15(8-5-9-19)21-17-14(11-20)18(24)23-16(22-17)10-13-6-3-4-7-13/h5,8-9,13H,1,3-4,6-7,10,19H2,2H3,(H2,21,22,23,24)/b9-5-,15-8+. The maximum atomic E-state index is 12.2. The second kappa shape index (κ2) is 8.16. The molecule has 0 spiro atoms. The fourth-order valence-corrected chi connectivity index (χ4v) is 2.87. The number of nitrogens with two attached hydrogens (primary N) is 1. The second-order valence-electron chi connectivity index (χ2n) is 6.07. The molecular weight excluding hydrogens is 302 g/mol. The Morgan fingerprint density at radius 1 is 1.54 bits per heavy atom. The number of nitrogens with zero attached hydrogens (tertiary/aromatic N) is 2. The molecule has 1 aliphatic rings. The topological polar surface area (TPSA) is 108 Å². The molecular formula is C18H23N5O. The van der Waals surface area contributed by atoms with Crippen LogP contribution in [0.3, 0.4) is 0 Å². The van der Waals surface area contributed by atoms with Crippen LogP contribution in [-0.4, -0.2) is 9.97 Å². The van der Waals surface area contributed by atoms with Crippen LogP contribution in [0.1, 0.15) is 44.0 Å². The van der Waals surface area contributed by atoms with E-state index in [0.29, 0.717) is 17.4 Å². The number of aromatic nitrogens is 2. The van der Waals surface area contributed by atoms with E-state index in [1.807, 2.05) is 13.0 Å². The molecule has 0 atom stereocenters. The van der Waals surface area contributed by atoms with Crippen molar-refractivity contribution >= 4 is 5.82 Å². The predicted octanol–water partition coefficient (Wildman–Crippen LogP) is 2.72. The van der Waals surface area contributed by atoms with E-state index in [9.17, 15) is 10.1 Å². The van der Waals surface area contributed by atoms with Crippen molar-refractivity contribution in [1.29, 1.82) is 5.26 Å². The average molecular weight is 325 g/mol. The third-order valence-corrected chi connectivity index (χ3v) is 4.12. The molecule has 4 N–H and O–H groups in total. The van der Waals surface area contributed by atoms with Crippen molar-refractivity contribution in [2.24, 2.45) is 11.7 Å². The Bertz CT molecular complexity index is 761. The van der Waals surface area contributed by atoms with Gasteiger partial charge in [-0.05, 0) is 36.8 Å². The fraction of sp³-hybridized carbons (Fsp3) is 0.389. The van der Waals surface area contributed by atoms with Crippen molar-refractivity contribution in [3.8, 4) is 6.07 Å². The summed E-state index contributed by atoms with van der Waals surface area (Å²) >= 11 is 0. The SMILES string of the molecule is C=C(C)/C(=C\C=C/N)Nc1nc(CC2CCCC2)[nH]c(=O)c1C#N. The molecule has 1 aromatic rings. The Labute approximate surface area is 141 Å². The van der Waals surface area contributed by atoms with Gasteiger partial charge in [0.2, 0.25) is 0 Å². The molecule has 1 heterocycles. The number of anilines is 1. The van der Waals surface area contributed by atoms with Gasteiger partial charge in [0.05, 0.1) is 0 Å². The predicted molar refractivity (Wildman–Crippen MR) is 95.1 cm³/mol. The van der Waals surface area contributed by atoms with Crippen molar-refractivity contribution in [3.63, 3.8) is 0 Å². The molecule has 2 rings (SSSR count). The summed E-state index contributed by atoms with van der Waals surface area (Å²) in [6.07, 6.45) is 10.3. The van der Waals surface area contributed by atoms with Gasteiger partial charge in [0, 0.05) is 12.1 Å². The first-order valence-corrected chi connectivity index (χ1v) is 8.10. The molecule has 1 aliphatic carbocycles. The van der Waals surface area contributed by atoms with E-state index in [2.05, 4.69) is 21.9 Å². The van der Waals surface area contributed by atoms with Gasteiger partial charge in [-0.1, -0.05) is 32.3 Å². The summed E-state index contributed by atoms with van der Waals surface area (Å²) in [5.74, 6) is 1.42. The van der Waals surface area contributed by atoms with Crippen LogP contribution >= 0.6 is 0 Å². The highest BCUT2D eigenvalue weighted by molar-refractivity contribution is 5.57. The smallest absolute Gasteiger partial charge is 0.271 e. The number of hydrogen-bond donors (Lipinski definition) is 3. The zero-order valence-corrected chi connectivity index (χ0v) is 13.9. The van der Waals surface area contributed by atoms with E-state index in [4.69, 9.17) is 5.73 Å². The molecule has 0 bridgehead atoms. The van der Waals surface area contributed by atoms with Crippen molar-refractivity contribution in [2.75, 3.05) is 5.32 Å². The lowest BCUT2D eigenvalue weighted by Gasteiger charge is -2.13. The van der Waals surface area contributed by atoms with Gasteiger partial charge in [0.15, 0.2) is 11.4 Å². The number of hydrogen-bond acceptors (Lipinski definition) is 5. The quantitative estimate of drug-likeness (QED) is 0.697. The molecule has 24 heavy (non-hydrogen) atoms. The van der Waals surface area contributed by atoms with Gasteiger partial charge in [0.1, 0.15) is 11.9 Å². The van der Waals surface area contributed by atoms with Crippen LogP contribution in [-0.2, 0) is 6.42 Å². The molecule has 0 saturated heterocycles. The lowest BCUT2D eigenvalue weighted by atomic mass is 10.0. The summed E-state index contributed by atoms with van der Waals surface area (Å²) < 4.78 is 0. The van der Waals surface area contributed by atoms with Gasteiger partial charge in [-0.3, -0.25) is 4.79 Å². The first-order valence-electron chi connectivity index (χ1n) is 8.10. The van der Waals surface area contributed by atoms with Gasteiger partial charge >= 0.3 is 0 Å². The Balaban J connectivity index is 2.35. The molecule has 1 fully saturated rings. The van der Waals surface area contributed by atoms with Crippen molar-refractivity contribution in [2.45, 2.75) is 39.0 Å². The van der Waals surface area contributed by atoms with Crippen LogP contribution in [0.5, 0.6) is 0 Å². The molecule has 0 amide bonds. The van der Waals surface area contributed by atoms with Crippen LogP contribution in [0.4, 0.5) is 5.82 Å². The number of allylic oxidation sites excluding steroid dienone is 3. The van der Waals surface area contributed by atoms with Crippen molar-refractivity contribution in [3.05, 3.63) is 57.9 Å². The van der Waals surface area contributed by atoms with Gasteiger partial charge < -0.3 is 16.0 Å². The molecule has 0 aromatic carbocycles. The van der Waals surface area contributed by atoms with Gasteiger partial charge in [-0.25, -0.2) is 4.98 Å². The first kappa shape index (κ1) is 17.5. The normalized spacial score (nSPS) is 15.6. The molecule has 6 heteroatoms. The first-order chi connectivity index (χ1) is 11.5. The summed E-state index contributed by atoms with van der Waals surface area (Å²) in [4.78, 5) is 19.4. The summed E-state index contributed by atoms with van der Waals surface area (Å²) in [6, 6.07) is 1.92. The fourth-order valence-electron chi connectivity index (χ4n) is 2.87. The Kier molecular flexibility index (Phi) is 5.96. The molecule has 1 aromatic heterocycles. The number of nitrogens with one attached hydrogen (secondary N) is 2. The number of aromatic amines is 1. The third-order valence-electron chi connectivity index (χ3n) is 4.12. The molecule has 6 nitrogen and oxygen atoms in total. The van der Waals surface area contributed by atoms with Crippen LogP contribution in [0.2, 0.25) is 0 Å². The molecule has 1 saturated carbocycles. The zero-order chi connectivity index (χ0) is 17.5. The minimum atomic E-state index is -0.418. The highest BCUT2D eigenvalue weighted by Crippen LogP contribution is 2.27. The third kappa shape index (κ3) is 4.35. The van der Waals surface area contributed by atoms with Crippen LogP contribution in [0.15, 0.2) is 41.0 Å². The average Bonchev–Trinajstić information content (AvgIpc) is 3.03. The molecule has 0 radical (unpaired) electrons. The van der Waals surface area contributed by atoms with Gasteiger partial charge in [0.25, 0.3) is 5.56 Å². The highest BCUT2D eigenvalue weighted by Gasteiger charge is 2.19. The van der Waals surface area contributed by atoms with Crippen LogP contribution < -0.4 is 16.6 Å². The van der Waals surface area contributed by atoms with Gasteiger partial charge in [-0.2, -0.15) is 5.26 Å². The Morgan fingerprint density at radius 2 is 2.25 bits per heavy atom. The summed E-state index contributed by atoms with van der Waals surface area (Å²) in [7, 11) is 0. The monoisotopic (exact) mass is 325 g/mol. The summed E-state index contributed by atoms with van der Waals surface area (Å²) in [6.45, 7) is 5.71. The largest absolute Gasteiger partial charge is 0.405 e. The Hall–Kier alpha value is -2.81. The lowest BCUT2D eigenvalue weighted by Crippen LogP contribution is -2.20. The van der Waals surface area contributed by atoms with E-state index in [0.717, 1.165) is 24.8 Å². The van der Waals surface area contributed by atoms with E-state index >= 15 is 0 Å². The summed E-state index contributed by atoms with van der Waals surface area (Å²) in [5.41, 5.74) is 6.31. The van der Waals surface area contributed by atoms with E-state index in [1.54, 1.807) is 12.2 Å². The lowest BCUT2D eigenvalue weighted by molar-refractivity contribution is 0.529. The van der Waals surface area contributed by atoms with E-state index in [1.165, 1.54) is 19.0 Å². The number of H-pyrrole nitrogens is 1. The zero-order valence-electron chi connectivity index (χ0n) is 13.9. The van der Waals surface area contributed by atoms with Crippen molar-refractivity contribution in [1.82, 2.24) is 9.97 Å². The minimum Gasteiger partial charge on any atom is -0.405 e. The number of nitriles is 1. The summed E-state index contributed by atoms with van der Waals surface area (Å²) in [5, 5.41) is 12.3. The van der Waals surface area contributed by atoms with Crippen LogP contribution in [0.25, 0.3) is 0 Å². The molecule has 0 unspecified atom stereocenters. The van der Waals surface area contributed by atoms with Crippen molar-refractivity contribution < 1.29 is 0 Å². The number of rotatable bonds is 6. The van der Waals surface area contributed by atoms with E-state index < -0.39 is 5.56 Å². The maximum Gasteiger partial charge on any atom is 0.271 e. The highest BCUT2D eigenvalue weighted by atomic mass is 16.1. The molecule has 0 aliphatic heterocycles. The second-order valence-corrected chi connectivity index (χ2v) is 6.07. The van der Waals surface area contributed by atoms with E-state index in [-0.39, 0.29) is 11.4 Å². The van der Waals surface area contributed by atoms with Gasteiger partial charge in [-0.15, -0.1) is 0 Å². The maximum absolute atomic E-state index is 12.2. The Morgan fingerprint density at radius 3 is 2.83 bits per heavy atom. The van der Waals surface area contributed by atoms with Crippen LogP contribution in [0, 0.1) is 17.2 Å². The minimum absolute atomic E-state index is 0.0333. The molecule has 126 valence electrons.